The summed E-state index contributed by atoms with van der Waals surface area (Å²) in [5.41, 5.74) is 1.97. The topological polar surface area (TPSA) is 38.8 Å². The lowest BCUT2D eigenvalue weighted by Crippen LogP contribution is -2.42. The molecule has 4 nitrogen and oxygen atoms in total. The Morgan fingerprint density at radius 3 is 2.91 bits per heavy atom. The van der Waals surface area contributed by atoms with Crippen LogP contribution < -0.4 is 14.4 Å². The van der Waals surface area contributed by atoms with Crippen LogP contribution in [0.15, 0.2) is 48.5 Å². The summed E-state index contributed by atoms with van der Waals surface area (Å²) < 4.78 is 11.0. The number of aryl methyl sites for hydroxylation is 1. The maximum absolute atomic E-state index is 12.7. The number of carbonyl (C=O) groups excluding carboxylic acids is 1. The van der Waals surface area contributed by atoms with Gasteiger partial charge in [-0.1, -0.05) is 24.3 Å². The minimum absolute atomic E-state index is 0.00525. The van der Waals surface area contributed by atoms with Crippen molar-refractivity contribution in [2.75, 3.05) is 18.6 Å². The van der Waals surface area contributed by atoms with Gasteiger partial charge in [-0.05, 0) is 43.2 Å². The first-order chi connectivity index (χ1) is 11.2. The first kappa shape index (κ1) is 15.4. The largest absolute Gasteiger partial charge is 0.497 e. The van der Waals surface area contributed by atoms with Crippen molar-refractivity contribution in [2.45, 2.75) is 25.9 Å². The standard InChI is InChI=1S/C19H21NO3/c1-14-13-20(17-8-3-4-9-18(17)23-14)19(21)11-10-15-6-5-7-16(12-15)22-2/h3-9,12,14H,10-11,13H2,1-2H3. The van der Waals surface area contributed by atoms with Crippen molar-refractivity contribution in [3.05, 3.63) is 54.1 Å². The minimum Gasteiger partial charge on any atom is -0.497 e. The highest BCUT2D eigenvalue weighted by Gasteiger charge is 2.26. The molecule has 1 aliphatic heterocycles. The number of fused-ring (bicyclic) bond motifs is 1. The molecule has 1 heterocycles. The number of methoxy groups -OCH3 is 1. The van der Waals surface area contributed by atoms with Gasteiger partial charge in [0.1, 0.15) is 17.6 Å². The summed E-state index contributed by atoms with van der Waals surface area (Å²) in [4.78, 5) is 14.5. The lowest BCUT2D eigenvalue weighted by atomic mass is 10.1. The van der Waals surface area contributed by atoms with Crippen LogP contribution in [-0.4, -0.2) is 25.7 Å². The van der Waals surface area contributed by atoms with E-state index in [2.05, 4.69) is 0 Å². The fourth-order valence-corrected chi connectivity index (χ4v) is 2.84. The van der Waals surface area contributed by atoms with E-state index < -0.39 is 0 Å². The average molecular weight is 311 g/mol. The Hall–Kier alpha value is -2.49. The van der Waals surface area contributed by atoms with Crippen LogP contribution in [0.3, 0.4) is 0 Å². The summed E-state index contributed by atoms with van der Waals surface area (Å²) in [6.07, 6.45) is 1.17. The van der Waals surface area contributed by atoms with Gasteiger partial charge in [-0.2, -0.15) is 0 Å². The molecule has 1 amide bonds. The zero-order chi connectivity index (χ0) is 16.2. The Morgan fingerprint density at radius 2 is 2.09 bits per heavy atom. The summed E-state index contributed by atoms with van der Waals surface area (Å²) in [7, 11) is 1.65. The number of para-hydroxylation sites is 2. The Labute approximate surface area is 136 Å². The molecule has 1 unspecified atom stereocenters. The van der Waals surface area contributed by atoms with Crippen molar-refractivity contribution < 1.29 is 14.3 Å². The third kappa shape index (κ3) is 3.47. The molecule has 0 bridgehead atoms. The summed E-state index contributed by atoms with van der Waals surface area (Å²) in [6, 6.07) is 15.6. The molecule has 0 aliphatic carbocycles. The van der Waals surface area contributed by atoms with Crippen molar-refractivity contribution in [1.29, 1.82) is 0 Å². The minimum atomic E-state index is 0.00525. The molecule has 0 N–H and O–H groups in total. The molecule has 0 saturated carbocycles. The number of hydrogen-bond acceptors (Lipinski definition) is 3. The van der Waals surface area contributed by atoms with E-state index in [-0.39, 0.29) is 12.0 Å². The van der Waals surface area contributed by atoms with Gasteiger partial charge in [0.05, 0.1) is 19.3 Å². The van der Waals surface area contributed by atoms with Gasteiger partial charge in [0.15, 0.2) is 0 Å². The zero-order valence-corrected chi connectivity index (χ0v) is 13.5. The van der Waals surface area contributed by atoms with Gasteiger partial charge >= 0.3 is 0 Å². The molecule has 2 aromatic rings. The first-order valence-corrected chi connectivity index (χ1v) is 7.86. The van der Waals surface area contributed by atoms with E-state index in [0.29, 0.717) is 19.4 Å². The second-order valence-corrected chi connectivity index (χ2v) is 5.75. The van der Waals surface area contributed by atoms with Gasteiger partial charge in [-0.15, -0.1) is 0 Å². The number of ether oxygens (including phenoxy) is 2. The maximum atomic E-state index is 12.7. The Bertz CT molecular complexity index is 699. The van der Waals surface area contributed by atoms with Gasteiger partial charge < -0.3 is 14.4 Å². The molecule has 4 heteroatoms. The van der Waals surface area contributed by atoms with Crippen LogP contribution in [-0.2, 0) is 11.2 Å². The fourth-order valence-electron chi connectivity index (χ4n) is 2.84. The van der Waals surface area contributed by atoms with E-state index in [9.17, 15) is 4.79 Å². The van der Waals surface area contributed by atoms with Gasteiger partial charge in [-0.25, -0.2) is 0 Å². The summed E-state index contributed by atoms with van der Waals surface area (Å²) >= 11 is 0. The van der Waals surface area contributed by atoms with Crippen molar-refractivity contribution in [2.24, 2.45) is 0 Å². The zero-order valence-electron chi connectivity index (χ0n) is 13.5. The molecule has 0 aromatic heterocycles. The van der Waals surface area contributed by atoms with Crippen LogP contribution in [0.5, 0.6) is 11.5 Å². The Balaban J connectivity index is 1.71. The van der Waals surface area contributed by atoms with Crippen LogP contribution in [0.25, 0.3) is 0 Å². The highest BCUT2D eigenvalue weighted by Crippen LogP contribution is 2.33. The molecule has 23 heavy (non-hydrogen) atoms. The van der Waals surface area contributed by atoms with Crippen LogP contribution in [0.2, 0.25) is 0 Å². The third-order valence-corrected chi connectivity index (χ3v) is 3.99. The highest BCUT2D eigenvalue weighted by molar-refractivity contribution is 5.95. The maximum Gasteiger partial charge on any atom is 0.227 e. The first-order valence-electron chi connectivity index (χ1n) is 7.86. The molecule has 0 fully saturated rings. The number of carbonyl (C=O) groups is 1. The smallest absolute Gasteiger partial charge is 0.227 e. The Morgan fingerprint density at radius 1 is 1.26 bits per heavy atom. The lowest BCUT2D eigenvalue weighted by Gasteiger charge is -2.33. The molecule has 3 rings (SSSR count). The van der Waals surface area contributed by atoms with Gasteiger partial charge in [0.2, 0.25) is 5.91 Å². The SMILES string of the molecule is COc1cccc(CCC(=O)N2CC(C)Oc3ccccc32)c1. The summed E-state index contributed by atoms with van der Waals surface area (Å²) in [5.74, 6) is 1.72. The van der Waals surface area contributed by atoms with Crippen molar-refractivity contribution in [1.82, 2.24) is 0 Å². The van der Waals surface area contributed by atoms with Gasteiger partial charge in [0, 0.05) is 6.42 Å². The number of anilines is 1. The van der Waals surface area contributed by atoms with E-state index in [1.54, 1.807) is 7.11 Å². The second-order valence-electron chi connectivity index (χ2n) is 5.75. The molecule has 1 aliphatic rings. The van der Waals surface area contributed by atoms with Gasteiger partial charge in [-0.3, -0.25) is 4.79 Å². The molecule has 1 atom stereocenters. The third-order valence-electron chi connectivity index (χ3n) is 3.99. The van der Waals surface area contributed by atoms with E-state index in [0.717, 1.165) is 22.7 Å². The Kier molecular flexibility index (Phi) is 4.51. The monoisotopic (exact) mass is 311 g/mol. The predicted molar refractivity (Wildman–Crippen MR) is 90.2 cm³/mol. The highest BCUT2D eigenvalue weighted by atomic mass is 16.5. The average Bonchev–Trinajstić information content (AvgIpc) is 2.59. The number of amides is 1. The molecule has 0 radical (unpaired) electrons. The van der Waals surface area contributed by atoms with Crippen LogP contribution >= 0.6 is 0 Å². The number of rotatable bonds is 4. The number of benzene rings is 2. The van der Waals surface area contributed by atoms with E-state index in [1.165, 1.54) is 0 Å². The lowest BCUT2D eigenvalue weighted by molar-refractivity contribution is -0.119. The van der Waals surface area contributed by atoms with Crippen LogP contribution in [0.1, 0.15) is 18.9 Å². The number of nitrogens with zero attached hydrogens (tertiary/aromatic N) is 1. The molecule has 2 aromatic carbocycles. The normalized spacial score (nSPS) is 16.4. The second kappa shape index (κ2) is 6.73. The molecule has 0 spiro atoms. The number of hydrogen-bond donors (Lipinski definition) is 0. The van der Waals surface area contributed by atoms with E-state index in [4.69, 9.17) is 9.47 Å². The van der Waals surface area contributed by atoms with E-state index >= 15 is 0 Å². The van der Waals surface area contributed by atoms with E-state index in [1.807, 2.05) is 60.4 Å². The quantitative estimate of drug-likeness (QED) is 0.868. The van der Waals surface area contributed by atoms with Crippen LogP contribution in [0.4, 0.5) is 5.69 Å². The predicted octanol–water partition coefficient (Wildman–Crippen LogP) is 3.44. The molecule has 0 saturated heterocycles. The van der Waals surface area contributed by atoms with Crippen molar-refractivity contribution >= 4 is 11.6 Å². The molecular weight excluding hydrogens is 290 g/mol. The van der Waals surface area contributed by atoms with Crippen LogP contribution in [0, 0.1) is 0 Å². The van der Waals surface area contributed by atoms with Crippen molar-refractivity contribution in [3.8, 4) is 11.5 Å². The summed E-state index contributed by atoms with van der Waals surface area (Å²) in [6.45, 7) is 2.58. The van der Waals surface area contributed by atoms with Gasteiger partial charge in [0.25, 0.3) is 0 Å². The molecule has 120 valence electrons. The fraction of sp³-hybridized carbons (Fsp3) is 0.316. The van der Waals surface area contributed by atoms with Crippen molar-refractivity contribution in [3.63, 3.8) is 0 Å². The summed E-state index contributed by atoms with van der Waals surface area (Å²) in [5, 5.41) is 0. The molecular formula is C19H21NO3.